The molecule has 5 rings (SSSR count). The van der Waals surface area contributed by atoms with Gasteiger partial charge in [-0.1, -0.05) is 24.3 Å². The van der Waals surface area contributed by atoms with E-state index in [1.165, 1.54) is 0 Å². The Hall–Kier alpha value is -3.53. The maximum Gasteiger partial charge on any atom is 0.257 e. The third-order valence-corrected chi connectivity index (χ3v) is 7.66. The number of aromatic hydroxyl groups is 1. The molecule has 8 nitrogen and oxygen atoms in total. The van der Waals surface area contributed by atoms with Crippen LogP contribution in [0.1, 0.15) is 55.5 Å². The number of phenolic OH excluding ortho intramolecular Hbond substituents is 1. The molecule has 1 amide bonds. The second kappa shape index (κ2) is 12.3. The number of nitrogens with zero attached hydrogens (tertiary/aromatic N) is 2. The lowest BCUT2D eigenvalue weighted by Gasteiger charge is -2.36. The van der Waals surface area contributed by atoms with Gasteiger partial charge in [0.05, 0.1) is 6.20 Å². The van der Waals surface area contributed by atoms with Gasteiger partial charge in [-0.2, -0.15) is 0 Å². The minimum Gasteiger partial charge on any atom is -0.508 e. The molecule has 2 aliphatic rings. The van der Waals surface area contributed by atoms with Crippen LogP contribution >= 0.6 is 0 Å². The number of hydrogen-bond donors (Lipinski definition) is 4. The van der Waals surface area contributed by atoms with Crippen LogP contribution < -0.4 is 21.1 Å². The molecule has 1 aliphatic carbocycles. The molecule has 3 aromatic rings. The van der Waals surface area contributed by atoms with E-state index >= 15 is 0 Å². The normalized spacial score (nSPS) is 23.5. The molecule has 9 heteroatoms. The zero-order chi connectivity index (χ0) is 28.2. The van der Waals surface area contributed by atoms with Gasteiger partial charge in [0.25, 0.3) is 5.91 Å². The van der Waals surface area contributed by atoms with Crippen molar-refractivity contribution < 1.29 is 19.0 Å². The summed E-state index contributed by atoms with van der Waals surface area (Å²) in [6, 6.07) is 15.1. The number of nitrogens with one attached hydrogen (secondary N) is 2. The fourth-order valence-corrected chi connectivity index (χ4v) is 5.74. The Morgan fingerprint density at radius 3 is 2.55 bits per heavy atom. The first-order valence-corrected chi connectivity index (χ1v) is 14.0. The molecule has 5 N–H and O–H groups in total. The van der Waals surface area contributed by atoms with Crippen molar-refractivity contribution in [1.82, 2.24) is 20.5 Å². The van der Waals surface area contributed by atoms with Crippen LogP contribution in [0.4, 0.5) is 4.39 Å². The van der Waals surface area contributed by atoms with Crippen LogP contribution in [0.5, 0.6) is 17.4 Å². The average molecular weight is 548 g/mol. The fraction of sp³-hybridized carbons (Fsp3) is 0.419. The summed E-state index contributed by atoms with van der Waals surface area (Å²) in [4.78, 5) is 19.4. The number of pyridine rings is 1. The molecular weight excluding hydrogens is 509 g/mol. The molecule has 2 heterocycles. The fourth-order valence-electron chi connectivity index (χ4n) is 5.74. The number of piperazine rings is 1. The van der Waals surface area contributed by atoms with E-state index in [9.17, 15) is 14.3 Å². The molecule has 212 valence electrons. The molecule has 2 fully saturated rings. The highest BCUT2D eigenvalue weighted by Crippen LogP contribution is 2.32. The van der Waals surface area contributed by atoms with E-state index < -0.39 is 11.7 Å². The maximum atomic E-state index is 14.1. The topological polar surface area (TPSA) is 113 Å². The highest BCUT2D eigenvalue weighted by molar-refractivity contribution is 5.96. The van der Waals surface area contributed by atoms with Crippen molar-refractivity contribution in [2.45, 2.75) is 70.2 Å². The van der Waals surface area contributed by atoms with Gasteiger partial charge in [0.2, 0.25) is 5.88 Å². The lowest BCUT2D eigenvalue weighted by atomic mass is 9.91. The van der Waals surface area contributed by atoms with Crippen molar-refractivity contribution in [3.63, 3.8) is 0 Å². The third-order valence-electron chi connectivity index (χ3n) is 7.66. The molecule has 0 bridgehead atoms. The monoisotopic (exact) mass is 547 g/mol. The Kier molecular flexibility index (Phi) is 8.63. The van der Waals surface area contributed by atoms with E-state index in [4.69, 9.17) is 10.5 Å². The predicted octanol–water partition coefficient (Wildman–Crippen LogP) is 4.57. The largest absolute Gasteiger partial charge is 0.508 e. The van der Waals surface area contributed by atoms with Crippen LogP contribution in [0, 0.1) is 5.82 Å². The number of carbonyl (C=O) groups is 1. The van der Waals surface area contributed by atoms with Crippen molar-refractivity contribution in [1.29, 1.82) is 0 Å². The summed E-state index contributed by atoms with van der Waals surface area (Å²) in [5, 5.41) is 17.3. The first-order valence-electron chi connectivity index (χ1n) is 14.0. The molecule has 1 saturated carbocycles. The second-order valence-electron chi connectivity index (χ2n) is 11.2. The van der Waals surface area contributed by atoms with E-state index in [-0.39, 0.29) is 29.3 Å². The molecule has 1 saturated heterocycles. The second-order valence-corrected chi connectivity index (χ2v) is 11.2. The van der Waals surface area contributed by atoms with Crippen molar-refractivity contribution in [2.75, 3.05) is 13.1 Å². The molecule has 40 heavy (non-hydrogen) atoms. The third kappa shape index (κ3) is 6.96. The van der Waals surface area contributed by atoms with Gasteiger partial charge in [0.15, 0.2) is 0 Å². The number of nitrogens with two attached hydrogens (primary N) is 1. The Labute approximate surface area is 234 Å². The van der Waals surface area contributed by atoms with Gasteiger partial charge in [-0.3, -0.25) is 9.69 Å². The average Bonchev–Trinajstić information content (AvgIpc) is 2.92. The summed E-state index contributed by atoms with van der Waals surface area (Å²) in [6.07, 6.45) is 4.28. The van der Waals surface area contributed by atoms with E-state index in [0.29, 0.717) is 24.4 Å². The van der Waals surface area contributed by atoms with Crippen LogP contribution in [-0.4, -0.2) is 58.2 Å². The van der Waals surface area contributed by atoms with E-state index in [1.54, 1.807) is 12.1 Å². The number of amides is 1. The first-order chi connectivity index (χ1) is 19.2. The quantitative estimate of drug-likeness (QED) is 0.343. The van der Waals surface area contributed by atoms with Crippen LogP contribution in [-0.2, 0) is 6.54 Å². The smallest absolute Gasteiger partial charge is 0.257 e. The Bertz CT molecular complexity index is 1330. The molecule has 1 aromatic heterocycles. The van der Waals surface area contributed by atoms with Crippen LogP contribution in [0.3, 0.4) is 0 Å². The van der Waals surface area contributed by atoms with Gasteiger partial charge in [0.1, 0.15) is 22.9 Å². The zero-order valence-corrected chi connectivity index (χ0v) is 23.1. The lowest BCUT2D eigenvalue weighted by molar-refractivity contribution is 0.0922. The number of ether oxygens (including phenoxy) is 1. The number of benzene rings is 2. The molecule has 0 unspecified atom stereocenters. The molecule has 1 aliphatic heterocycles. The molecule has 2 aromatic carbocycles. The number of aromatic nitrogens is 1. The number of rotatable bonds is 7. The van der Waals surface area contributed by atoms with E-state index in [1.807, 2.05) is 30.3 Å². The Morgan fingerprint density at radius 1 is 1.10 bits per heavy atom. The summed E-state index contributed by atoms with van der Waals surface area (Å²) in [5.41, 5.74) is 8.55. The summed E-state index contributed by atoms with van der Waals surface area (Å²) < 4.78 is 20.1. The van der Waals surface area contributed by atoms with Gasteiger partial charge in [-0.15, -0.1) is 0 Å². The van der Waals surface area contributed by atoms with Crippen molar-refractivity contribution in [3.8, 4) is 28.5 Å². The summed E-state index contributed by atoms with van der Waals surface area (Å²) in [5.74, 6) is -0.321. The van der Waals surface area contributed by atoms with E-state index in [2.05, 4.69) is 34.4 Å². The van der Waals surface area contributed by atoms with Crippen LogP contribution in [0.25, 0.3) is 11.1 Å². The minimum absolute atomic E-state index is 0.0132. The number of phenols is 1. The maximum absolute atomic E-state index is 14.1. The summed E-state index contributed by atoms with van der Waals surface area (Å²) >= 11 is 0. The molecule has 0 radical (unpaired) electrons. The Balaban J connectivity index is 1.30. The van der Waals surface area contributed by atoms with Crippen LogP contribution in [0.2, 0.25) is 0 Å². The highest BCUT2D eigenvalue weighted by atomic mass is 19.1. The van der Waals surface area contributed by atoms with Gasteiger partial charge in [-0.25, -0.2) is 9.37 Å². The summed E-state index contributed by atoms with van der Waals surface area (Å²) in [6.45, 7) is 6.88. The van der Waals surface area contributed by atoms with Gasteiger partial charge < -0.3 is 26.2 Å². The SMILES string of the molecule is C[C@@H]1CN(Cc2ccc(-c3cccc(Oc4ncc(F)cc4C(=O)N[C@H]4CC[C@H](N)CC4)c3)cc2O)C[C@H](C)N1. The standard InChI is InChI=1S/C31H38FN5O3/c1-19-16-37(17-20(2)35-19)18-23-7-6-22(13-29(23)38)21-4-3-5-27(12-21)40-31-28(14-24(32)15-34-31)30(39)36-26-10-8-25(33)9-11-26/h3-7,12-15,19-20,25-26,35,38H,8-11,16-18,33H2,1-2H3,(H,36,39)/t19-,20+,25-,26-. The van der Waals surface area contributed by atoms with Gasteiger partial charge in [0, 0.05) is 49.4 Å². The van der Waals surface area contributed by atoms with Crippen LogP contribution in [0.15, 0.2) is 54.7 Å². The lowest BCUT2D eigenvalue weighted by Crippen LogP contribution is -2.53. The van der Waals surface area contributed by atoms with Gasteiger partial charge in [-0.05, 0) is 74.9 Å². The van der Waals surface area contributed by atoms with Crippen molar-refractivity contribution >= 4 is 5.91 Å². The summed E-state index contributed by atoms with van der Waals surface area (Å²) in [7, 11) is 0. The number of halogens is 1. The van der Waals surface area contributed by atoms with Gasteiger partial charge >= 0.3 is 0 Å². The molecule has 2 atom stereocenters. The molecular formula is C31H38FN5O3. The van der Waals surface area contributed by atoms with E-state index in [0.717, 1.165) is 67.7 Å². The zero-order valence-electron chi connectivity index (χ0n) is 23.1. The Morgan fingerprint density at radius 2 is 1.82 bits per heavy atom. The van der Waals surface area contributed by atoms with Crippen molar-refractivity contribution in [3.05, 3.63) is 71.7 Å². The highest BCUT2D eigenvalue weighted by Gasteiger charge is 2.24. The number of hydrogen-bond acceptors (Lipinski definition) is 7. The predicted molar refractivity (Wildman–Crippen MR) is 153 cm³/mol. The minimum atomic E-state index is -0.614. The van der Waals surface area contributed by atoms with Crippen molar-refractivity contribution in [2.24, 2.45) is 5.73 Å². The molecule has 0 spiro atoms. The number of carbonyl (C=O) groups excluding carboxylic acids is 1. The first kappa shape index (κ1) is 28.0.